The number of benzene rings is 2. The SMILES string of the molecule is CC(C)(C)CC(C)(C)c1ccc(OCC(O)CN2CCc3ccccc3C2)cc1. The van der Waals surface area contributed by atoms with Gasteiger partial charge in [0, 0.05) is 19.6 Å². The molecule has 0 bridgehead atoms. The van der Waals surface area contributed by atoms with Gasteiger partial charge in [0.25, 0.3) is 0 Å². The van der Waals surface area contributed by atoms with E-state index in [1.165, 1.54) is 16.7 Å². The molecule has 0 fully saturated rings. The van der Waals surface area contributed by atoms with Crippen LogP contribution in [0.3, 0.4) is 0 Å². The lowest BCUT2D eigenvalue weighted by Gasteiger charge is -2.33. The Hall–Kier alpha value is -1.84. The van der Waals surface area contributed by atoms with E-state index in [9.17, 15) is 5.11 Å². The van der Waals surface area contributed by atoms with E-state index < -0.39 is 6.10 Å². The van der Waals surface area contributed by atoms with Gasteiger partial charge in [-0.3, -0.25) is 4.90 Å². The van der Waals surface area contributed by atoms with Gasteiger partial charge >= 0.3 is 0 Å². The van der Waals surface area contributed by atoms with Crippen molar-refractivity contribution in [3.8, 4) is 5.75 Å². The summed E-state index contributed by atoms with van der Waals surface area (Å²) in [5.74, 6) is 0.823. The largest absolute Gasteiger partial charge is 0.491 e. The van der Waals surface area contributed by atoms with Crippen LogP contribution in [0, 0.1) is 5.41 Å². The average Bonchev–Trinajstić information content (AvgIpc) is 2.65. The Kier molecular flexibility index (Phi) is 6.70. The van der Waals surface area contributed by atoms with Gasteiger partial charge in [-0.05, 0) is 52.5 Å². The summed E-state index contributed by atoms with van der Waals surface area (Å²) in [6.45, 7) is 14.3. The molecule has 29 heavy (non-hydrogen) atoms. The third kappa shape index (κ3) is 6.32. The Morgan fingerprint density at radius 1 is 0.966 bits per heavy atom. The molecule has 1 unspecified atom stereocenters. The van der Waals surface area contributed by atoms with Crippen molar-refractivity contribution < 1.29 is 9.84 Å². The first-order valence-corrected chi connectivity index (χ1v) is 10.8. The summed E-state index contributed by atoms with van der Waals surface area (Å²) in [7, 11) is 0. The molecule has 158 valence electrons. The van der Waals surface area contributed by atoms with Crippen LogP contribution in [0.25, 0.3) is 0 Å². The van der Waals surface area contributed by atoms with Crippen LogP contribution in [0.2, 0.25) is 0 Å². The lowest BCUT2D eigenvalue weighted by atomic mass is 9.72. The zero-order valence-corrected chi connectivity index (χ0v) is 18.7. The molecule has 0 aromatic heterocycles. The molecule has 1 atom stereocenters. The van der Waals surface area contributed by atoms with Crippen molar-refractivity contribution in [1.82, 2.24) is 4.90 Å². The first-order valence-electron chi connectivity index (χ1n) is 10.8. The second-order valence-electron chi connectivity index (χ2n) is 10.4. The number of rotatable bonds is 7. The van der Waals surface area contributed by atoms with Crippen molar-refractivity contribution in [1.29, 1.82) is 0 Å². The van der Waals surface area contributed by atoms with Crippen LogP contribution in [0.5, 0.6) is 5.75 Å². The Labute approximate surface area is 176 Å². The summed E-state index contributed by atoms with van der Waals surface area (Å²) >= 11 is 0. The van der Waals surface area contributed by atoms with Crippen LogP contribution in [-0.2, 0) is 18.4 Å². The fourth-order valence-corrected chi connectivity index (χ4v) is 4.68. The van der Waals surface area contributed by atoms with E-state index in [2.05, 4.69) is 75.9 Å². The molecule has 3 rings (SSSR count). The van der Waals surface area contributed by atoms with Crippen LogP contribution in [0.15, 0.2) is 48.5 Å². The molecule has 3 heteroatoms. The zero-order valence-electron chi connectivity index (χ0n) is 18.7. The average molecular weight is 396 g/mol. The number of fused-ring (bicyclic) bond motifs is 1. The van der Waals surface area contributed by atoms with E-state index in [0.29, 0.717) is 13.2 Å². The molecule has 2 aromatic rings. The van der Waals surface area contributed by atoms with Crippen LogP contribution in [-0.4, -0.2) is 35.8 Å². The predicted molar refractivity (Wildman–Crippen MR) is 120 cm³/mol. The molecule has 1 aliphatic heterocycles. The molecule has 2 aromatic carbocycles. The van der Waals surface area contributed by atoms with Crippen LogP contribution in [0.1, 0.15) is 57.7 Å². The third-order valence-corrected chi connectivity index (χ3v) is 5.73. The fourth-order valence-electron chi connectivity index (χ4n) is 4.68. The zero-order chi connectivity index (χ0) is 21.1. The summed E-state index contributed by atoms with van der Waals surface area (Å²) in [4.78, 5) is 2.31. The Balaban J connectivity index is 1.49. The highest BCUT2D eigenvalue weighted by Gasteiger charge is 2.27. The second-order valence-corrected chi connectivity index (χ2v) is 10.4. The third-order valence-electron chi connectivity index (χ3n) is 5.73. The molecule has 1 N–H and O–H groups in total. The summed E-state index contributed by atoms with van der Waals surface area (Å²) in [6.07, 6.45) is 1.69. The maximum absolute atomic E-state index is 10.5. The normalized spacial score (nSPS) is 16.3. The van der Waals surface area contributed by atoms with Crippen molar-refractivity contribution in [3.63, 3.8) is 0 Å². The second kappa shape index (κ2) is 8.89. The van der Waals surface area contributed by atoms with E-state index in [1.807, 2.05) is 12.1 Å². The maximum atomic E-state index is 10.5. The first-order chi connectivity index (χ1) is 13.6. The minimum Gasteiger partial charge on any atom is -0.491 e. The highest BCUT2D eigenvalue weighted by atomic mass is 16.5. The standard InChI is InChI=1S/C26H37NO2/c1-25(2,3)19-26(4,5)22-10-12-24(13-11-22)29-18-23(28)17-27-15-14-20-8-6-7-9-21(20)16-27/h6-13,23,28H,14-19H2,1-5H3. The van der Waals surface area contributed by atoms with Gasteiger partial charge in [-0.1, -0.05) is 71.0 Å². The van der Waals surface area contributed by atoms with Gasteiger partial charge in [0.2, 0.25) is 0 Å². The van der Waals surface area contributed by atoms with Gasteiger partial charge in [-0.2, -0.15) is 0 Å². The fraction of sp³-hybridized carbons (Fsp3) is 0.538. The van der Waals surface area contributed by atoms with E-state index in [0.717, 1.165) is 31.7 Å². The molecule has 0 radical (unpaired) electrons. The smallest absolute Gasteiger partial charge is 0.119 e. The van der Waals surface area contributed by atoms with Gasteiger partial charge in [0.05, 0.1) is 0 Å². The van der Waals surface area contributed by atoms with Gasteiger partial charge in [-0.25, -0.2) is 0 Å². The number of hydrogen-bond donors (Lipinski definition) is 1. The van der Waals surface area contributed by atoms with Crippen LogP contribution < -0.4 is 4.74 Å². The lowest BCUT2D eigenvalue weighted by molar-refractivity contribution is 0.0637. The molecular weight excluding hydrogens is 358 g/mol. The van der Waals surface area contributed by atoms with Crippen molar-refractivity contribution >= 4 is 0 Å². The van der Waals surface area contributed by atoms with Gasteiger partial charge in [0.15, 0.2) is 0 Å². The van der Waals surface area contributed by atoms with Gasteiger partial charge in [-0.15, -0.1) is 0 Å². The quantitative estimate of drug-likeness (QED) is 0.699. The summed E-state index contributed by atoms with van der Waals surface area (Å²) in [5, 5.41) is 10.5. The number of ether oxygens (including phenoxy) is 1. The highest BCUT2D eigenvalue weighted by molar-refractivity contribution is 5.32. The van der Waals surface area contributed by atoms with Crippen molar-refractivity contribution in [2.45, 2.75) is 65.5 Å². The van der Waals surface area contributed by atoms with Crippen molar-refractivity contribution in [3.05, 3.63) is 65.2 Å². The Bertz CT molecular complexity index is 789. The lowest BCUT2D eigenvalue weighted by Crippen LogP contribution is -2.38. The van der Waals surface area contributed by atoms with Gasteiger partial charge < -0.3 is 9.84 Å². The minimum absolute atomic E-state index is 0.126. The molecule has 1 heterocycles. The van der Waals surface area contributed by atoms with Crippen molar-refractivity contribution in [2.24, 2.45) is 5.41 Å². The van der Waals surface area contributed by atoms with Gasteiger partial charge in [0.1, 0.15) is 18.5 Å². The molecule has 0 saturated heterocycles. The monoisotopic (exact) mass is 395 g/mol. The predicted octanol–water partition coefficient (Wildman–Crippen LogP) is 5.20. The summed E-state index contributed by atoms with van der Waals surface area (Å²) in [5.41, 5.74) is 4.55. The minimum atomic E-state index is -0.489. The summed E-state index contributed by atoms with van der Waals surface area (Å²) < 4.78 is 5.87. The Morgan fingerprint density at radius 3 is 2.28 bits per heavy atom. The molecule has 3 nitrogen and oxygen atoms in total. The highest BCUT2D eigenvalue weighted by Crippen LogP contribution is 2.36. The molecule has 0 spiro atoms. The van der Waals surface area contributed by atoms with E-state index in [4.69, 9.17) is 4.74 Å². The Morgan fingerprint density at radius 2 is 1.62 bits per heavy atom. The van der Waals surface area contributed by atoms with E-state index in [-0.39, 0.29) is 10.8 Å². The van der Waals surface area contributed by atoms with Crippen LogP contribution in [0.4, 0.5) is 0 Å². The van der Waals surface area contributed by atoms with Crippen LogP contribution >= 0.6 is 0 Å². The van der Waals surface area contributed by atoms with Crippen molar-refractivity contribution in [2.75, 3.05) is 19.7 Å². The number of nitrogens with zero attached hydrogens (tertiary/aromatic N) is 1. The van der Waals surface area contributed by atoms with E-state index in [1.54, 1.807) is 0 Å². The maximum Gasteiger partial charge on any atom is 0.119 e. The number of hydrogen-bond acceptors (Lipinski definition) is 3. The summed E-state index contributed by atoms with van der Waals surface area (Å²) in [6, 6.07) is 17.0. The molecule has 0 saturated carbocycles. The first kappa shape index (κ1) is 21.9. The topological polar surface area (TPSA) is 32.7 Å². The molecule has 0 aliphatic carbocycles. The van der Waals surface area contributed by atoms with E-state index >= 15 is 0 Å². The molecule has 1 aliphatic rings. The number of aliphatic hydroxyl groups is 1. The number of β-amino-alcohol motifs (C(OH)–C–C–N with tert-alkyl or cyclic N) is 1. The number of aliphatic hydroxyl groups excluding tert-OH is 1. The molecule has 0 amide bonds. The molecular formula is C26H37NO2.